The van der Waals surface area contributed by atoms with Crippen LogP contribution in [0.4, 0.5) is 5.69 Å². The number of ether oxygens (including phenoxy) is 2. The molecule has 2 rings (SSSR count). The smallest absolute Gasteiger partial charge is 0.248 e. The molecule has 0 atom stereocenters. The predicted molar refractivity (Wildman–Crippen MR) is 106 cm³/mol. The van der Waals surface area contributed by atoms with E-state index in [2.05, 4.69) is 5.32 Å². The molecule has 0 unspecified atom stereocenters. The van der Waals surface area contributed by atoms with Gasteiger partial charge in [0.15, 0.2) is 11.5 Å². The molecular weight excluding hydrogens is 352 g/mol. The minimum atomic E-state index is -0.220. The molecule has 2 aromatic rings. The summed E-state index contributed by atoms with van der Waals surface area (Å²) in [5.41, 5.74) is 2.58. The molecule has 1 N–H and O–H groups in total. The topological polar surface area (TPSA) is 50.8 Å². The molecule has 0 fully saturated rings. The summed E-state index contributed by atoms with van der Waals surface area (Å²) < 4.78 is 10.5. The van der Waals surface area contributed by atoms with Crippen molar-refractivity contribution in [2.75, 3.05) is 33.6 Å². The molecule has 138 valence electrons. The van der Waals surface area contributed by atoms with Gasteiger partial charge in [0.05, 0.1) is 19.2 Å². The van der Waals surface area contributed by atoms with Crippen molar-refractivity contribution in [3.63, 3.8) is 0 Å². The summed E-state index contributed by atoms with van der Waals surface area (Å²) in [6.45, 7) is 0.742. The number of hydrogen-bond acceptors (Lipinski definition) is 4. The quantitative estimate of drug-likeness (QED) is 0.742. The number of rotatable bonds is 7. The zero-order valence-electron chi connectivity index (χ0n) is 15.4. The van der Waals surface area contributed by atoms with E-state index in [1.165, 1.54) is 20.3 Å². The molecule has 0 aliphatic heterocycles. The van der Waals surface area contributed by atoms with E-state index in [0.717, 1.165) is 23.4 Å². The van der Waals surface area contributed by atoms with Gasteiger partial charge in [0.1, 0.15) is 0 Å². The number of carbonyl (C=O) groups excluding carboxylic acids is 1. The second-order valence-electron chi connectivity index (χ2n) is 5.96. The molecule has 0 heterocycles. The third-order valence-electron chi connectivity index (χ3n) is 3.64. The van der Waals surface area contributed by atoms with Crippen LogP contribution in [0, 0.1) is 0 Å². The number of methoxy groups -OCH3 is 2. The average molecular weight is 375 g/mol. The van der Waals surface area contributed by atoms with E-state index in [1.54, 1.807) is 18.2 Å². The third kappa shape index (κ3) is 5.25. The summed E-state index contributed by atoms with van der Waals surface area (Å²) >= 11 is 6.18. The number of nitrogens with one attached hydrogen (secondary N) is 1. The highest BCUT2D eigenvalue weighted by Gasteiger charge is 2.10. The van der Waals surface area contributed by atoms with Crippen molar-refractivity contribution in [2.24, 2.45) is 0 Å². The Balaban J connectivity index is 2.15. The number of amides is 1. The Kier molecular flexibility index (Phi) is 7.06. The maximum absolute atomic E-state index is 12.3. The van der Waals surface area contributed by atoms with Crippen LogP contribution < -0.4 is 14.8 Å². The lowest BCUT2D eigenvalue weighted by molar-refractivity contribution is -0.111. The summed E-state index contributed by atoms with van der Waals surface area (Å²) in [6, 6.07) is 11.2. The minimum Gasteiger partial charge on any atom is -0.493 e. The number of nitrogens with zero attached hydrogens (tertiary/aromatic N) is 1. The number of anilines is 1. The van der Waals surface area contributed by atoms with E-state index in [1.807, 2.05) is 43.3 Å². The van der Waals surface area contributed by atoms with Crippen LogP contribution in [0.2, 0.25) is 5.02 Å². The maximum Gasteiger partial charge on any atom is 0.248 e. The zero-order chi connectivity index (χ0) is 19.1. The molecule has 6 heteroatoms. The van der Waals surface area contributed by atoms with Gasteiger partial charge in [-0.05, 0) is 49.5 Å². The largest absolute Gasteiger partial charge is 0.493 e. The summed E-state index contributed by atoms with van der Waals surface area (Å²) in [5.74, 6) is 0.756. The van der Waals surface area contributed by atoms with E-state index in [9.17, 15) is 4.79 Å². The van der Waals surface area contributed by atoms with Crippen LogP contribution in [-0.2, 0) is 11.3 Å². The van der Waals surface area contributed by atoms with E-state index in [0.29, 0.717) is 16.5 Å². The molecule has 0 aromatic heterocycles. The summed E-state index contributed by atoms with van der Waals surface area (Å²) in [4.78, 5) is 14.3. The minimum absolute atomic E-state index is 0.220. The summed E-state index contributed by atoms with van der Waals surface area (Å²) in [5, 5.41) is 3.33. The zero-order valence-corrected chi connectivity index (χ0v) is 16.1. The first-order valence-corrected chi connectivity index (χ1v) is 8.45. The molecule has 5 nitrogen and oxygen atoms in total. The lowest BCUT2D eigenvalue weighted by atomic mass is 10.1. The molecule has 0 aliphatic carbocycles. The van der Waals surface area contributed by atoms with Crippen molar-refractivity contribution in [1.29, 1.82) is 0 Å². The van der Waals surface area contributed by atoms with Gasteiger partial charge in [-0.2, -0.15) is 0 Å². The first-order valence-electron chi connectivity index (χ1n) is 8.07. The second kappa shape index (κ2) is 9.27. The van der Waals surface area contributed by atoms with Gasteiger partial charge in [0, 0.05) is 18.3 Å². The van der Waals surface area contributed by atoms with Crippen molar-refractivity contribution in [3.05, 3.63) is 58.6 Å². The Morgan fingerprint density at radius 3 is 2.58 bits per heavy atom. The lowest BCUT2D eigenvalue weighted by Crippen LogP contribution is -2.15. The Bertz CT molecular complexity index is 804. The van der Waals surface area contributed by atoms with Crippen molar-refractivity contribution >= 4 is 29.3 Å². The van der Waals surface area contributed by atoms with E-state index >= 15 is 0 Å². The van der Waals surface area contributed by atoms with Crippen LogP contribution in [0.5, 0.6) is 11.5 Å². The van der Waals surface area contributed by atoms with Gasteiger partial charge in [-0.25, -0.2) is 0 Å². The number of para-hydroxylation sites is 1. The fourth-order valence-corrected chi connectivity index (χ4v) is 2.80. The highest BCUT2D eigenvalue weighted by atomic mass is 35.5. The Morgan fingerprint density at radius 2 is 1.92 bits per heavy atom. The van der Waals surface area contributed by atoms with Crippen LogP contribution in [-0.4, -0.2) is 39.1 Å². The first-order chi connectivity index (χ1) is 12.4. The molecule has 2 aromatic carbocycles. The molecule has 0 saturated heterocycles. The standard InChI is InChI=1S/C20H23ClN2O3/c1-23(2)13-15-7-5-6-8-17(15)22-19(24)10-9-14-11-16(21)20(26-4)18(12-14)25-3/h5-12H,13H2,1-4H3,(H,22,24)/b10-9+. The molecular formula is C20H23ClN2O3. The van der Waals surface area contributed by atoms with Crippen LogP contribution in [0.25, 0.3) is 6.08 Å². The van der Waals surface area contributed by atoms with Crippen LogP contribution in [0.3, 0.4) is 0 Å². The number of carbonyl (C=O) groups is 1. The van der Waals surface area contributed by atoms with Gasteiger partial charge in [0.2, 0.25) is 5.91 Å². The fourth-order valence-electron chi connectivity index (χ4n) is 2.50. The molecule has 0 aliphatic rings. The van der Waals surface area contributed by atoms with Crippen LogP contribution >= 0.6 is 11.6 Å². The molecule has 0 spiro atoms. The van der Waals surface area contributed by atoms with Gasteiger partial charge < -0.3 is 19.7 Å². The van der Waals surface area contributed by atoms with Gasteiger partial charge in [-0.15, -0.1) is 0 Å². The first kappa shape index (κ1) is 19.8. The average Bonchev–Trinajstić information content (AvgIpc) is 2.60. The predicted octanol–water partition coefficient (Wildman–Crippen LogP) is 4.07. The molecule has 0 bridgehead atoms. The fraction of sp³-hybridized carbons (Fsp3) is 0.250. The lowest BCUT2D eigenvalue weighted by Gasteiger charge is -2.14. The Labute approximate surface area is 159 Å². The highest BCUT2D eigenvalue weighted by Crippen LogP contribution is 2.36. The Morgan fingerprint density at radius 1 is 1.19 bits per heavy atom. The van der Waals surface area contributed by atoms with Crippen molar-refractivity contribution in [3.8, 4) is 11.5 Å². The van der Waals surface area contributed by atoms with Crippen LogP contribution in [0.1, 0.15) is 11.1 Å². The van der Waals surface area contributed by atoms with Gasteiger partial charge in [-0.3, -0.25) is 4.79 Å². The van der Waals surface area contributed by atoms with E-state index < -0.39 is 0 Å². The SMILES string of the molecule is COc1cc(/C=C/C(=O)Nc2ccccc2CN(C)C)cc(Cl)c1OC. The molecule has 1 amide bonds. The van der Waals surface area contributed by atoms with Crippen molar-refractivity contribution < 1.29 is 14.3 Å². The number of hydrogen-bond donors (Lipinski definition) is 1. The molecule has 0 radical (unpaired) electrons. The van der Waals surface area contributed by atoms with Gasteiger partial charge in [0.25, 0.3) is 0 Å². The molecule has 0 saturated carbocycles. The van der Waals surface area contributed by atoms with Gasteiger partial charge >= 0.3 is 0 Å². The summed E-state index contributed by atoms with van der Waals surface area (Å²) in [7, 11) is 7.03. The normalized spacial score (nSPS) is 11.0. The molecule has 26 heavy (non-hydrogen) atoms. The van der Waals surface area contributed by atoms with Gasteiger partial charge in [-0.1, -0.05) is 29.8 Å². The third-order valence-corrected chi connectivity index (χ3v) is 3.93. The van der Waals surface area contributed by atoms with Crippen molar-refractivity contribution in [1.82, 2.24) is 4.90 Å². The second-order valence-corrected chi connectivity index (χ2v) is 6.36. The summed E-state index contributed by atoms with van der Waals surface area (Å²) in [6.07, 6.45) is 3.14. The highest BCUT2D eigenvalue weighted by molar-refractivity contribution is 6.32. The van der Waals surface area contributed by atoms with Crippen LogP contribution in [0.15, 0.2) is 42.5 Å². The van der Waals surface area contributed by atoms with E-state index in [-0.39, 0.29) is 5.91 Å². The maximum atomic E-state index is 12.3. The number of benzene rings is 2. The number of halogens is 1. The van der Waals surface area contributed by atoms with Crippen molar-refractivity contribution in [2.45, 2.75) is 6.54 Å². The monoisotopic (exact) mass is 374 g/mol. The van der Waals surface area contributed by atoms with E-state index in [4.69, 9.17) is 21.1 Å². The Hall–Kier alpha value is -2.50.